The van der Waals surface area contributed by atoms with Crippen molar-refractivity contribution < 1.29 is 17.9 Å². The van der Waals surface area contributed by atoms with Gasteiger partial charge >= 0.3 is 6.09 Å². The van der Waals surface area contributed by atoms with Crippen LogP contribution in [0.5, 0.6) is 0 Å². The summed E-state index contributed by atoms with van der Waals surface area (Å²) >= 11 is 1.26. The summed E-state index contributed by atoms with van der Waals surface area (Å²) in [6, 6.07) is 7.63. The number of hydrogen-bond donors (Lipinski definition) is 1. The van der Waals surface area contributed by atoms with Crippen molar-refractivity contribution in [2.75, 3.05) is 19.0 Å². The van der Waals surface area contributed by atoms with E-state index in [0.717, 1.165) is 21.7 Å². The predicted molar refractivity (Wildman–Crippen MR) is 101 cm³/mol. The molecule has 26 heavy (non-hydrogen) atoms. The average molecular weight is 393 g/mol. The number of rotatable bonds is 4. The molecule has 0 spiro atoms. The van der Waals surface area contributed by atoms with Gasteiger partial charge in [-0.05, 0) is 18.6 Å². The Hall–Kier alpha value is -2.23. The summed E-state index contributed by atoms with van der Waals surface area (Å²) in [4.78, 5) is 16.4. The Balaban J connectivity index is 1.72. The fraction of sp³-hybridized carbons (Fsp3) is 0.294. The standard InChI is InChI=1S/C17H19N3O4S2/c1-12-3-5-13(6-4-12)8-10-26(22,23)20-9-7-14-15(11-20)25-16(18-14)19-17(21)24-2/h3-6,8,10H,7,9,11H2,1-2H3,(H,18,19,21)/b10-8+. The Morgan fingerprint density at radius 2 is 2.08 bits per heavy atom. The molecule has 138 valence electrons. The van der Waals surface area contributed by atoms with Gasteiger partial charge in [0.2, 0.25) is 10.0 Å². The number of ether oxygens (including phenoxy) is 1. The van der Waals surface area contributed by atoms with Gasteiger partial charge in [-0.3, -0.25) is 5.32 Å². The molecule has 9 heteroatoms. The zero-order valence-electron chi connectivity index (χ0n) is 14.4. The molecule has 0 saturated heterocycles. The largest absolute Gasteiger partial charge is 0.453 e. The molecule has 1 aliphatic heterocycles. The first-order valence-corrected chi connectivity index (χ1v) is 10.3. The van der Waals surface area contributed by atoms with Crippen LogP contribution in [0.4, 0.5) is 9.93 Å². The molecule has 1 N–H and O–H groups in total. The van der Waals surface area contributed by atoms with Crippen LogP contribution < -0.4 is 5.32 Å². The van der Waals surface area contributed by atoms with Crippen LogP contribution in [0.15, 0.2) is 29.7 Å². The number of methoxy groups -OCH3 is 1. The SMILES string of the molecule is COC(=O)Nc1nc2c(s1)CN(S(=O)(=O)/C=C/c1ccc(C)cc1)CC2. The third-order valence-electron chi connectivity index (χ3n) is 3.96. The zero-order valence-corrected chi connectivity index (χ0v) is 16.1. The number of benzene rings is 1. The number of nitrogens with one attached hydrogen (secondary N) is 1. The summed E-state index contributed by atoms with van der Waals surface area (Å²) in [5.41, 5.74) is 2.77. The van der Waals surface area contributed by atoms with Crippen molar-refractivity contribution in [3.63, 3.8) is 0 Å². The van der Waals surface area contributed by atoms with Gasteiger partial charge in [0.15, 0.2) is 5.13 Å². The van der Waals surface area contributed by atoms with E-state index >= 15 is 0 Å². The van der Waals surface area contributed by atoms with Crippen molar-refractivity contribution in [2.24, 2.45) is 0 Å². The van der Waals surface area contributed by atoms with E-state index in [-0.39, 0.29) is 6.54 Å². The molecule has 0 radical (unpaired) electrons. The van der Waals surface area contributed by atoms with Crippen LogP contribution in [-0.4, -0.2) is 37.5 Å². The Labute approximate surface area is 156 Å². The average Bonchev–Trinajstić information content (AvgIpc) is 3.02. The molecule has 7 nitrogen and oxygen atoms in total. The van der Waals surface area contributed by atoms with Crippen LogP contribution in [0, 0.1) is 6.92 Å². The van der Waals surface area contributed by atoms with Crippen LogP contribution >= 0.6 is 11.3 Å². The van der Waals surface area contributed by atoms with Crippen molar-refractivity contribution in [3.8, 4) is 0 Å². The quantitative estimate of drug-likeness (QED) is 0.863. The van der Waals surface area contributed by atoms with Crippen LogP contribution in [0.3, 0.4) is 0 Å². The summed E-state index contributed by atoms with van der Waals surface area (Å²) in [5.74, 6) is 0. The first kappa shape index (κ1) is 18.6. The molecular weight excluding hydrogens is 374 g/mol. The predicted octanol–water partition coefficient (Wildman–Crippen LogP) is 2.99. The van der Waals surface area contributed by atoms with Crippen LogP contribution in [-0.2, 0) is 27.7 Å². The summed E-state index contributed by atoms with van der Waals surface area (Å²) in [6.07, 6.45) is 1.51. The zero-order chi connectivity index (χ0) is 18.7. The third kappa shape index (κ3) is 4.29. The maximum atomic E-state index is 12.6. The highest BCUT2D eigenvalue weighted by Gasteiger charge is 2.27. The second-order valence-corrected chi connectivity index (χ2v) is 8.75. The smallest absolute Gasteiger partial charge is 0.413 e. The number of fused-ring (bicyclic) bond motifs is 1. The van der Waals surface area contributed by atoms with Gasteiger partial charge in [-0.1, -0.05) is 41.2 Å². The molecule has 0 atom stereocenters. The maximum Gasteiger partial charge on any atom is 0.413 e. The number of sulfonamides is 1. The molecule has 0 bridgehead atoms. The van der Waals surface area contributed by atoms with E-state index < -0.39 is 16.1 Å². The minimum atomic E-state index is -3.53. The fourth-order valence-corrected chi connectivity index (χ4v) is 4.76. The molecule has 1 aromatic carbocycles. The van der Waals surface area contributed by atoms with E-state index in [1.54, 1.807) is 6.08 Å². The molecule has 2 heterocycles. The molecule has 3 rings (SSSR count). The number of hydrogen-bond acceptors (Lipinski definition) is 6. The monoisotopic (exact) mass is 393 g/mol. The van der Waals surface area contributed by atoms with Gasteiger partial charge in [-0.15, -0.1) is 0 Å². The van der Waals surface area contributed by atoms with E-state index in [0.29, 0.717) is 18.1 Å². The summed E-state index contributed by atoms with van der Waals surface area (Å²) in [6.45, 7) is 2.58. The number of amides is 1. The minimum absolute atomic E-state index is 0.246. The molecule has 0 aliphatic carbocycles. The third-order valence-corrected chi connectivity index (χ3v) is 6.47. The van der Waals surface area contributed by atoms with Gasteiger partial charge < -0.3 is 4.74 Å². The Bertz CT molecular complexity index is 933. The molecule has 1 aromatic heterocycles. The molecule has 1 aliphatic rings. The summed E-state index contributed by atoms with van der Waals surface area (Å²) in [7, 11) is -2.26. The van der Waals surface area contributed by atoms with Crippen LogP contribution in [0.25, 0.3) is 6.08 Å². The van der Waals surface area contributed by atoms with Crippen molar-refractivity contribution in [2.45, 2.75) is 19.9 Å². The molecule has 0 unspecified atom stereocenters. The van der Waals surface area contributed by atoms with E-state index in [1.807, 2.05) is 31.2 Å². The van der Waals surface area contributed by atoms with E-state index in [4.69, 9.17) is 0 Å². The number of carbonyl (C=O) groups is 1. The van der Waals surface area contributed by atoms with Crippen molar-refractivity contribution >= 4 is 38.7 Å². The van der Waals surface area contributed by atoms with Crippen molar-refractivity contribution in [1.29, 1.82) is 0 Å². The fourth-order valence-electron chi connectivity index (χ4n) is 2.51. The number of aryl methyl sites for hydroxylation is 1. The van der Waals surface area contributed by atoms with Crippen molar-refractivity contribution in [3.05, 3.63) is 51.4 Å². The molecule has 2 aromatic rings. The first-order chi connectivity index (χ1) is 12.4. The first-order valence-electron chi connectivity index (χ1n) is 7.96. The lowest BCUT2D eigenvalue weighted by Crippen LogP contribution is -2.34. The lowest BCUT2D eigenvalue weighted by atomic mass is 10.2. The minimum Gasteiger partial charge on any atom is -0.453 e. The maximum absolute atomic E-state index is 12.6. The van der Waals surface area contributed by atoms with Crippen LogP contribution in [0.2, 0.25) is 0 Å². The van der Waals surface area contributed by atoms with Gasteiger partial charge in [0.05, 0.1) is 19.3 Å². The second kappa shape index (κ2) is 7.56. The molecule has 1 amide bonds. The Morgan fingerprint density at radius 1 is 1.35 bits per heavy atom. The van der Waals surface area contributed by atoms with E-state index in [2.05, 4.69) is 15.0 Å². The van der Waals surface area contributed by atoms with Gasteiger partial charge in [-0.2, -0.15) is 4.31 Å². The van der Waals surface area contributed by atoms with Crippen LogP contribution in [0.1, 0.15) is 21.7 Å². The highest BCUT2D eigenvalue weighted by atomic mass is 32.2. The van der Waals surface area contributed by atoms with E-state index in [9.17, 15) is 13.2 Å². The molecular formula is C17H19N3O4S2. The summed E-state index contributed by atoms with van der Waals surface area (Å²) < 4.78 is 31.2. The lowest BCUT2D eigenvalue weighted by molar-refractivity contribution is 0.187. The number of aromatic nitrogens is 1. The Morgan fingerprint density at radius 3 is 2.77 bits per heavy atom. The molecule has 0 saturated carbocycles. The lowest BCUT2D eigenvalue weighted by Gasteiger charge is -2.23. The van der Waals surface area contributed by atoms with E-state index in [1.165, 1.54) is 28.2 Å². The number of carbonyl (C=O) groups excluding carboxylic acids is 1. The summed E-state index contributed by atoms with van der Waals surface area (Å²) in [5, 5.41) is 4.16. The number of nitrogens with zero attached hydrogens (tertiary/aromatic N) is 2. The number of thiazole rings is 1. The number of anilines is 1. The Kier molecular flexibility index (Phi) is 5.40. The van der Waals surface area contributed by atoms with Crippen molar-refractivity contribution in [1.82, 2.24) is 9.29 Å². The van der Waals surface area contributed by atoms with Gasteiger partial charge in [0, 0.05) is 23.3 Å². The highest BCUT2D eigenvalue weighted by molar-refractivity contribution is 7.92. The highest BCUT2D eigenvalue weighted by Crippen LogP contribution is 2.30. The topological polar surface area (TPSA) is 88.6 Å². The van der Waals surface area contributed by atoms with Gasteiger partial charge in [0.25, 0.3) is 0 Å². The van der Waals surface area contributed by atoms with Gasteiger partial charge in [-0.25, -0.2) is 18.2 Å². The van der Waals surface area contributed by atoms with Gasteiger partial charge in [0.1, 0.15) is 0 Å². The second-order valence-electron chi connectivity index (χ2n) is 5.85. The normalized spacial score (nSPS) is 15.0. The molecule has 0 fully saturated rings.